The number of benzene rings is 2. The highest BCUT2D eigenvalue weighted by molar-refractivity contribution is 7.21. The van der Waals surface area contributed by atoms with Crippen molar-refractivity contribution < 1.29 is 28.2 Å². The fourth-order valence-electron chi connectivity index (χ4n) is 3.14. The molecule has 2 heterocycles. The van der Waals surface area contributed by atoms with Gasteiger partial charge in [-0.3, -0.25) is 0 Å². The van der Waals surface area contributed by atoms with Crippen LogP contribution in [0.2, 0.25) is 0 Å². The number of hydrogen-bond donors (Lipinski definition) is 0. The molecule has 0 spiro atoms. The summed E-state index contributed by atoms with van der Waals surface area (Å²) in [6.45, 7) is 1.74. The fraction of sp³-hybridized carbons (Fsp3) is 0.238. The SMILES string of the molecule is CC1CC(OC(=O)c2sc3cccc(F)c3c2COc2ccccc2)C(=O)O1. The lowest BCUT2D eigenvalue weighted by Crippen LogP contribution is -2.22. The molecule has 2 aromatic carbocycles. The number of rotatable bonds is 5. The molecule has 28 heavy (non-hydrogen) atoms. The van der Waals surface area contributed by atoms with Crippen LogP contribution in [-0.2, 0) is 20.9 Å². The maximum Gasteiger partial charge on any atom is 0.349 e. The Bertz CT molecular complexity index is 1030. The summed E-state index contributed by atoms with van der Waals surface area (Å²) in [4.78, 5) is 24.8. The Kier molecular flexibility index (Phi) is 5.00. The quantitative estimate of drug-likeness (QED) is 0.591. The van der Waals surface area contributed by atoms with Crippen molar-refractivity contribution in [1.29, 1.82) is 0 Å². The Balaban J connectivity index is 1.66. The molecular formula is C21H17FO5S. The second kappa shape index (κ2) is 7.59. The molecule has 2 unspecified atom stereocenters. The molecule has 3 aromatic rings. The van der Waals surface area contributed by atoms with Crippen LogP contribution < -0.4 is 4.74 Å². The van der Waals surface area contributed by atoms with Crippen LogP contribution in [0.1, 0.15) is 28.6 Å². The number of halogens is 1. The smallest absolute Gasteiger partial charge is 0.349 e. The second-order valence-electron chi connectivity index (χ2n) is 6.50. The Morgan fingerprint density at radius 3 is 2.71 bits per heavy atom. The van der Waals surface area contributed by atoms with E-state index >= 15 is 0 Å². The molecule has 0 N–H and O–H groups in total. The minimum Gasteiger partial charge on any atom is -0.489 e. The number of para-hydroxylation sites is 1. The van der Waals surface area contributed by atoms with Gasteiger partial charge in [0.1, 0.15) is 29.2 Å². The first-order valence-electron chi connectivity index (χ1n) is 8.82. The zero-order valence-electron chi connectivity index (χ0n) is 15.0. The van der Waals surface area contributed by atoms with Gasteiger partial charge in [0.15, 0.2) is 0 Å². The molecule has 1 aliphatic rings. The molecule has 0 amide bonds. The van der Waals surface area contributed by atoms with E-state index < -0.39 is 23.9 Å². The van der Waals surface area contributed by atoms with Gasteiger partial charge >= 0.3 is 11.9 Å². The third-order valence-corrected chi connectivity index (χ3v) is 5.63. The van der Waals surface area contributed by atoms with Crippen molar-refractivity contribution in [3.63, 3.8) is 0 Å². The van der Waals surface area contributed by atoms with Gasteiger partial charge in [0.25, 0.3) is 0 Å². The molecule has 4 rings (SSSR count). The van der Waals surface area contributed by atoms with E-state index in [4.69, 9.17) is 14.2 Å². The molecule has 0 aliphatic carbocycles. The van der Waals surface area contributed by atoms with Gasteiger partial charge in [-0.2, -0.15) is 0 Å². The van der Waals surface area contributed by atoms with Crippen molar-refractivity contribution in [2.45, 2.75) is 32.2 Å². The van der Waals surface area contributed by atoms with Crippen LogP contribution in [0.4, 0.5) is 4.39 Å². The Morgan fingerprint density at radius 1 is 1.21 bits per heavy atom. The normalized spacial score (nSPS) is 18.9. The van der Waals surface area contributed by atoms with Crippen molar-refractivity contribution >= 4 is 33.4 Å². The molecule has 7 heteroatoms. The number of fused-ring (bicyclic) bond motifs is 1. The van der Waals surface area contributed by atoms with Gasteiger partial charge in [-0.15, -0.1) is 11.3 Å². The molecule has 1 aliphatic heterocycles. The van der Waals surface area contributed by atoms with E-state index in [9.17, 15) is 14.0 Å². The Morgan fingerprint density at radius 2 is 2.00 bits per heavy atom. The van der Waals surface area contributed by atoms with E-state index in [1.165, 1.54) is 6.07 Å². The lowest BCUT2D eigenvalue weighted by molar-refractivity contribution is -0.147. The van der Waals surface area contributed by atoms with E-state index in [-0.39, 0.29) is 17.6 Å². The summed E-state index contributed by atoms with van der Waals surface area (Å²) in [5.41, 5.74) is 0.409. The third kappa shape index (κ3) is 3.57. The van der Waals surface area contributed by atoms with Gasteiger partial charge in [0, 0.05) is 22.1 Å². The summed E-state index contributed by atoms with van der Waals surface area (Å²) in [5.74, 6) is -1.07. The highest BCUT2D eigenvalue weighted by atomic mass is 32.1. The van der Waals surface area contributed by atoms with Crippen LogP contribution in [0.25, 0.3) is 10.1 Å². The first-order chi connectivity index (χ1) is 13.5. The van der Waals surface area contributed by atoms with E-state index in [1.807, 2.05) is 18.2 Å². The molecule has 0 saturated carbocycles. The summed E-state index contributed by atoms with van der Waals surface area (Å²) in [7, 11) is 0. The van der Waals surface area contributed by atoms with Crippen molar-refractivity contribution in [3.8, 4) is 5.75 Å². The van der Waals surface area contributed by atoms with E-state index in [0.29, 0.717) is 27.8 Å². The van der Waals surface area contributed by atoms with Gasteiger partial charge in [-0.05, 0) is 31.2 Å². The van der Waals surface area contributed by atoms with Crippen molar-refractivity contribution in [2.24, 2.45) is 0 Å². The summed E-state index contributed by atoms with van der Waals surface area (Å²) in [6.07, 6.45) is -0.939. The zero-order chi connectivity index (χ0) is 19.7. The lowest BCUT2D eigenvalue weighted by Gasteiger charge is -2.10. The molecule has 5 nitrogen and oxygen atoms in total. The number of carbonyl (C=O) groups excluding carboxylic acids is 2. The molecule has 2 atom stereocenters. The average Bonchev–Trinajstić information content (AvgIpc) is 3.21. The summed E-state index contributed by atoms with van der Waals surface area (Å²) in [6, 6.07) is 13.7. The minimum atomic E-state index is -0.944. The molecule has 1 fully saturated rings. The molecule has 1 saturated heterocycles. The maximum atomic E-state index is 14.5. The van der Waals surface area contributed by atoms with Gasteiger partial charge < -0.3 is 14.2 Å². The summed E-state index contributed by atoms with van der Waals surface area (Å²) < 4.78 is 31.2. The first kappa shape index (κ1) is 18.4. The summed E-state index contributed by atoms with van der Waals surface area (Å²) >= 11 is 1.12. The third-order valence-electron chi connectivity index (χ3n) is 4.45. The number of thiophene rings is 1. The monoisotopic (exact) mass is 400 g/mol. The molecule has 1 aromatic heterocycles. The van der Waals surface area contributed by atoms with Gasteiger partial charge in [-0.1, -0.05) is 24.3 Å². The lowest BCUT2D eigenvalue weighted by atomic mass is 10.1. The van der Waals surface area contributed by atoms with Crippen LogP contribution in [0.3, 0.4) is 0 Å². The van der Waals surface area contributed by atoms with Crippen LogP contribution in [0, 0.1) is 5.82 Å². The van der Waals surface area contributed by atoms with Crippen molar-refractivity contribution in [2.75, 3.05) is 0 Å². The Labute approximate surface area is 164 Å². The fourth-order valence-corrected chi connectivity index (χ4v) is 4.25. The van der Waals surface area contributed by atoms with Crippen LogP contribution >= 0.6 is 11.3 Å². The van der Waals surface area contributed by atoms with Crippen molar-refractivity contribution in [1.82, 2.24) is 0 Å². The minimum absolute atomic E-state index is 0.000889. The largest absolute Gasteiger partial charge is 0.489 e. The van der Waals surface area contributed by atoms with Crippen molar-refractivity contribution in [3.05, 3.63) is 64.8 Å². The summed E-state index contributed by atoms with van der Waals surface area (Å²) in [5, 5.41) is 0.331. The highest BCUT2D eigenvalue weighted by Gasteiger charge is 2.36. The van der Waals surface area contributed by atoms with E-state index in [1.54, 1.807) is 31.2 Å². The van der Waals surface area contributed by atoms with E-state index in [0.717, 1.165) is 11.3 Å². The predicted molar refractivity (Wildman–Crippen MR) is 102 cm³/mol. The maximum absolute atomic E-state index is 14.5. The van der Waals surface area contributed by atoms with Gasteiger partial charge in [0.2, 0.25) is 6.10 Å². The topological polar surface area (TPSA) is 61.8 Å². The molecule has 0 radical (unpaired) electrons. The molecular weight excluding hydrogens is 383 g/mol. The van der Waals surface area contributed by atoms with E-state index in [2.05, 4.69) is 0 Å². The van der Waals surface area contributed by atoms with Gasteiger partial charge in [0.05, 0.1) is 0 Å². The molecule has 0 bridgehead atoms. The average molecular weight is 400 g/mol. The Hall–Kier alpha value is -2.93. The number of cyclic esters (lactones) is 1. The standard InChI is InChI=1S/C21H17FO5S/c1-12-10-16(20(23)26-12)27-21(24)19-14(11-25-13-6-3-2-4-7-13)18-15(22)8-5-9-17(18)28-19/h2-9,12,16H,10-11H2,1H3. The number of hydrogen-bond acceptors (Lipinski definition) is 6. The predicted octanol–water partition coefficient (Wildman–Crippen LogP) is 4.48. The molecule has 144 valence electrons. The zero-order valence-corrected chi connectivity index (χ0v) is 15.8. The van der Waals surface area contributed by atoms with Crippen LogP contribution in [0.15, 0.2) is 48.5 Å². The second-order valence-corrected chi connectivity index (χ2v) is 7.55. The van der Waals surface area contributed by atoms with Gasteiger partial charge in [-0.25, -0.2) is 14.0 Å². The van der Waals surface area contributed by atoms with Crippen LogP contribution in [-0.4, -0.2) is 24.1 Å². The van der Waals surface area contributed by atoms with Crippen LogP contribution in [0.5, 0.6) is 5.75 Å². The highest BCUT2D eigenvalue weighted by Crippen LogP contribution is 2.35. The number of esters is 2. The first-order valence-corrected chi connectivity index (χ1v) is 9.64. The number of ether oxygens (including phenoxy) is 3. The number of carbonyl (C=O) groups is 2.